The van der Waals surface area contributed by atoms with Crippen molar-refractivity contribution in [3.63, 3.8) is 0 Å². The lowest BCUT2D eigenvalue weighted by Crippen LogP contribution is -2.43. The van der Waals surface area contributed by atoms with Crippen molar-refractivity contribution < 1.29 is 4.79 Å². The summed E-state index contributed by atoms with van der Waals surface area (Å²) in [5, 5.41) is 3.12. The van der Waals surface area contributed by atoms with Crippen LogP contribution in [0.5, 0.6) is 0 Å². The van der Waals surface area contributed by atoms with Gasteiger partial charge in [0.15, 0.2) is 0 Å². The first-order valence-corrected chi connectivity index (χ1v) is 8.33. The number of nitrogens with one attached hydrogen (secondary N) is 1. The maximum Gasteiger partial charge on any atom is 0.223 e. The van der Waals surface area contributed by atoms with Crippen molar-refractivity contribution in [3.8, 4) is 0 Å². The highest BCUT2D eigenvalue weighted by molar-refractivity contribution is 5.85. The Labute approximate surface area is 158 Å². The topological polar surface area (TPSA) is 58.4 Å². The van der Waals surface area contributed by atoms with Gasteiger partial charge in [-0.3, -0.25) is 9.69 Å². The normalized spacial score (nSPS) is 20.8. The van der Waals surface area contributed by atoms with E-state index in [1.807, 2.05) is 6.07 Å². The molecule has 0 aliphatic heterocycles. The average Bonchev–Trinajstić information content (AvgIpc) is 3.01. The minimum atomic E-state index is 0. The van der Waals surface area contributed by atoms with Gasteiger partial charge in [-0.1, -0.05) is 36.8 Å². The molecule has 1 amide bonds. The van der Waals surface area contributed by atoms with Gasteiger partial charge in [-0.25, -0.2) is 0 Å². The fraction of sp³-hybridized carbons (Fsp3) is 0.611. The van der Waals surface area contributed by atoms with E-state index in [0.29, 0.717) is 25.0 Å². The maximum atomic E-state index is 12.3. The van der Waals surface area contributed by atoms with Crippen molar-refractivity contribution in [1.29, 1.82) is 0 Å². The lowest BCUT2D eigenvalue weighted by Gasteiger charge is -2.26. The number of carbonyl (C=O) groups excluding carboxylic acids is 1. The molecule has 24 heavy (non-hydrogen) atoms. The minimum Gasteiger partial charge on any atom is -0.354 e. The molecule has 1 aromatic rings. The maximum absolute atomic E-state index is 12.3. The molecule has 1 aliphatic carbocycles. The summed E-state index contributed by atoms with van der Waals surface area (Å²) in [6, 6.07) is 10.7. The first-order chi connectivity index (χ1) is 10.6. The van der Waals surface area contributed by atoms with Crippen LogP contribution in [0.2, 0.25) is 0 Å². The molecule has 1 saturated carbocycles. The molecule has 1 aromatic carbocycles. The summed E-state index contributed by atoms with van der Waals surface area (Å²) in [6.07, 6.45) is 3.21. The lowest BCUT2D eigenvalue weighted by atomic mass is 9.95. The highest BCUT2D eigenvalue weighted by Gasteiger charge is 2.31. The van der Waals surface area contributed by atoms with Crippen LogP contribution in [0, 0.1) is 11.8 Å². The lowest BCUT2D eigenvalue weighted by molar-refractivity contribution is -0.126. The van der Waals surface area contributed by atoms with E-state index in [2.05, 4.69) is 48.5 Å². The Balaban J connectivity index is 0.00000264. The largest absolute Gasteiger partial charge is 0.354 e. The Morgan fingerprint density at radius 3 is 2.58 bits per heavy atom. The van der Waals surface area contributed by atoms with E-state index < -0.39 is 0 Å². The summed E-state index contributed by atoms with van der Waals surface area (Å²) in [5.41, 5.74) is 7.06. The van der Waals surface area contributed by atoms with Gasteiger partial charge < -0.3 is 11.1 Å². The van der Waals surface area contributed by atoms with E-state index in [1.54, 1.807) is 0 Å². The third kappa shape index (κ3) is 6.60. The van der Waals surface area contributed by atoms with Crippen molar-refractivity contribution in [2.75, 3.05) is 20.1 Å². The number of amides is 1. The van der Waals surface area contributed by atoms with Crippen molar-refractivity contribution in [1.82, 2.24) is 10.2 Å². The summed E-state index contributed by atoms with van der Waals surface area (Å²) < 4.78 is 0. The van der Waals surface area contributed by atoms with Crippen LogP contribution in [0.1, 0.15) is 31.7 Å². The second-order valence-electron chi connectivity index (χ2n) is 6.53. The third-order valence-electron chi connectivity index (χ3n) is 4.90. The molecule has 0 heterocycles. The zero-order chi connectivity index (χ0) is 15.9. The third-order valence-corrected chi connectivity index (χ3v) is 4.90. The van der Waals surface area contributed by atoms with Gasteiger partial charge in [0.05, 0.1) is 0 Å². The number of hydrogen-bond acceptors (Lipinski definition) is 3. The van der Waals surface area contributed by atoms with Crippen molar-refractivity contribution >= 4 is 30.7 Å². The molecule has 0 bridgehead atoms. The molecule has 0 radical (unpaired) electrons. The molecule has 1 aliphatic rings. The zero-order valence-electron chi connectivity index (χ0n) is 14.6. The molecule has 0 spiro atoms. The highest BCUT2D eigenvalue weighted by atomic mass is 35.5. The first kappa shape index (κ1) is 23.2. The molecule has 1 unspecified atom stereocenters. The van der Waals surface area contributed by atoms with Crippen LogP contribution in [0.15, 0.2) is 30.3 Å². The van der Waals surface area contributed by atoms with E-state index >= 15 is 0 Å². The van der Waals surface area contributed by atoms with Gasteiger partial charge in [-0.15, -0.1) is 24.8 Å². The van der Waals surface area contributed by atoms with Gasteiger partial charge in [0.25, 0.3) is 0 Å². The van der Waals surface area contributed by atoms with E-state index in [4.69, 9.17) is 5.73 Å². The second-order valence-corrected chi connectivity index (χ2v) is 6.53. The molecule has 6 heteroatoms. The van der Waals surface area contributed by atoms with Crippen molar-refractivity contribution in [3.05, 3.63) is 35.9 Å². The molecule has 3 N–H and O–H groups in total. The number of hydrogen-bond donors (Lipinski definition) is 2. The van der Waals surface area contributed by atoms with Crippen molar-refractivity contribution in [2.45, 2.75) is 38.8 Å². The smallest absolute Gasteiger partial charge is 0.223 e. The van der Waals surface area contributed by atoms with E-state index in [9.17, 15) is 4.79 Å². The molecular formula is C18H31Cl2N3O. The number of carbonyl (C=O) groups is 1. The number of benzene rings is 1. The van der Waals surface area contributed by atoms with Gasteiger partial charge in [0.2, 0.25) is 5.91 Å². The fourth-order valence-corrected chi connectivity index (χ4v) is 3.23. The number of likely N-dealkylation sites (N-methyl/N-ethyl adjacent to an activating group) is 1. The molecule has 4 nitrogen and oxygen atoms in total. The minimum absolute atomic E-state index is 0. The SMILES string of the molecule is CC(CNC(=O)[C@@H]1CCC[C@@H]1CN)N(C)Cc1ccccc1.Cl.Cl. The number of nitrogens with zero attached hydrogens (tertiary/aromatic N) is 1. The van der Waals surface area contributed by atoms with Gasteiger partial charge in [-0.05, 0) is 44.8 Å². The van der Waals surface area contributed by atoms with Gasteiger partial charge in [-0.2, -0.15) is 0 Å². The summed E-state index contributed by atoms with van der Waals surface area (Å²) >= 11 is 0. The standard InChI is InChI=1S/C18H29N3O.2ClH/c1-14(21(2)13-15-7-4-3-5-8-15)12-20-18(22)17-10-6-9-16(17)11-19;;/h3-5,7-8,14,16-17H,6,9-13,19H2,1-2H3,(H,20,22);2*1H/t14?,16-,17-;;/m1../s1. The van der Waals surface area contributed by atoms with Crippen LogP contribution in [-0.4, -0.2) is 37.0 Å². The molecular weight excluding hydrogens is 345 g/mol. The molecule has 3 atom stereocenters. The van der Waals surface area contributed by atoms with Crippen LogP contribution < -0.4 is 11.1 Å². The summed E-state index contributed by atoms with van der Waals surface area (Å²) in [7, 11) is 2.10. The Morgan fingerprint density at radius 1 is 1.29 bits per heavy atom. The Hall–Kier alpha value is -0.810. The van der Waals surface area contributed by atoms with E-state index in [-0.39, 0.29) is 36.6 Å². The van der Waals surface area contributed by atoms with E-state index in [0.717, 1.165) is 25.8 Å². The second kappa shape index (κ2) is 11.7. The summed E-state index contributed by atoms with van der Waals surface area (Å²) in [6.45, 7) is 4.36. The Morgan fingerprint density at radius 2 is 1.96 bits per heavy atom. The van der Waals surface area contributed by atoms with Crippen LogP contribution >= 0.6 is 24.8 Å². The number of halogens is 2. The average molecular weight is 376 g/mol. The summed E-state index contributed by atoms with van der Waals surface area (Å²) in [5.74, 6) is 0.682. The van der Waals surface area contributed by atoms with Gasteiger partial charge in [0.1, 0.15) is 0 Å². The van der Waals surface area contributed by atoms with Crippen LogP contribution in [0.3, 0.4) is 0 Å². The zero-order valence-corrected chi connectivity index (χ0v) is 16.2. The first-order valence-electron chi connectivity index (χ1n) is 8.33. The van der Waals surface area contributed by atoms with Crippen molar-refractivity contribution in [2.24, 2.45) is 17.6 Å². The van der Waals surface area contributed by atoms with Crippen LogP contribution in [0.4, 0.5) is 0 Å². The summed E-state index contributed by atoms with van der Waals surface area (Å²) in [4.78, 5) is 14.6. The van der Waals surface area contributed by atoms with Crippen LogP contribution in [0.25, 0.3) is 0 Å². The molecule has 0 saturated heterocycles. The predicted octanol–water partition coefficient (Wildman–Crippen LogP) is 2.84. The predicted molar refractivity (Wildman–Crippen MR) is 105 cm³/mol. The van der Waals surface area contributed by atoms with E-state index in [1.165, 1.54) is 5.56 Å². The number of nitrogens with two attached hydrogens (primary N) is 1. The molecule has 1 fully saturated rings. The molecule has 2 rings (SSSR count). The van der Waals surface area contributed by atoms with Gasteiger partial charge in [0, 0.05) is 25.0 Å². The fourth-order valence-electron chi connectivity index (χ4n) is 3.23. The van der Waals surface area contributed by atoms with Crippen LogP contribution in [-0.2, 0) is 11.3 Å². The Kier molecular flexibility index (Phi) is 11.3. The molecule has 0 aromatic heterocycles. The monoisotopic (exact) mass is 375 g/mol. The quantitative estimate of drug-likeness (QED) is 0.770. The molecule has 138 valence electrons. The highest BCUT2D eigenvalue weighted by Crippen LogP contribution is 2.30. The van der Waals surface area contributed by atoms with Gasteiger partial charge >= 0.3 is 0 Å². The Bertz CT molecular complexity index is 473. The number of rotatable bonds is 7.